The summed E-state index contributed by atoms with van der Waals surface area (Å²) in [6.07, 6.45) is 4.82. The summed E-state index contributed by atoms with van der Waals surface area (Å²) < 4.78 is 0. The standard InChI is InChI=1S/C19H17N3O3S/c1-12-5-3-7-15(13(12)2)21-17(23)11-22-18(24)16(26-19(22)25)9-14-6-4-8-20-10-14/h3-10H,11H2,1-2H3,(H,21,23)/b16-9+. The van der Waals surface area contributed by atoms with Crippen molar-refractivity contribution in [3.05, 3.63) is 64.3 Å². The van der Waals surface area contributed by atoms with Crippen molar-refractivity contribution in [2.45, 2.75) is 13.8 Å². The molecular weight excluding hydrogens is 350 g/mol. The largest absolute Gasteiger partial charge is 0.324 e. The van der Waals surface area contributed by atoms with Gasteiger partial charge >= 0.3 is 0 Å². The number of pyridine rings is 1. The monoisotopic (exact) mass is 367 g/mol. The van der Waals surface area contributed by atoms with Crippen molar-refractivity contribution in [2.24, 2.45) is 0 Å². The van der Waals surface area contributed by atoms with Gasteiger partial charge in [0.05, 0.1) is 4.91 Å². The van der Waals surface area contributed by atoms with E-state index in [1.165, 1.54) is 0 Å². The van der Waals surface area contributed by atoms with E-state index in [0.29, 0.717) is 5.69 Å². The van der Waals surface area contributed by atoms with E-state index in [1.807, 2.05) is 26.0 Å². The number of hydrogen-bond acceptors (Lipinski definition) is 5. The number of rotatable bonds is 4. The highest BCUT2D eigenvalue weighted by atomic mass is 32.2. The maximum atomic E-state index is 12.4. The summed E-state index contributed by atoms with van der Waals surface area (Å²) in [4.78, 5) is 42.1. The van der Waals surface area contributed by atoms with Crippen LogP contribution in [0.1, 0.15) is 16.7 Å². The van der Waals surface area contributed by atoms with Crippen LogP contribution in [0.4, 0.5) is 10.5 Å². The molecule has 0 atom stereocenters. The number of hydrogen-bond donors (Lipinski definition) is 1. The molecule has 1 saturated heterocycles. The molecule has 0 bridgehead atoms. The third-order valence-corrected chi connectivity index (χ3v) is 4.94. The van der Waals surface area contributed by atoms with E-state index < -0.39 is 17.1 Å². The summed E-state index contributed by atoms with van der Waals surface area (Å²) in [5.74, 6) is -0.886. The molecule has 2 heterocycles. The van der Waals surface area contributed by atoms with E-state index in [1.54, 1.807) is 36.7 Å². The fourth-order valence-corrected chi connectivity index (χ4v) is 3.31. The smallest absolute Gasteiger partial charge is 0.294 e. The second-order valence-corrected chi connectivity index (χ2v) is 6.84. The van der Waals surface area contributed by atoms with Gasteiger partial charge in [-0.3, -0.25) is 24.3 Å². The van der Waals surface area contributed by atoms with Gasteiger partial charge < -0.3 is 5.32 Å². The molecule has 0 unspecified atom stereocenters. The molecule has 2 aromatic rings. The number of aryl methyl sites for hydroxylation is 1. The summed E-state index contributed by atoms with van der Waals surface area (Å²) in [7, 11) is 0. The third kappa shape index (κ3) is 3.83. The van der Waals surface area contributed by atoms with Gasteiger partial charge in [-0.1, -0.05) is 18.2 Å². The van der Waals surface area contributed by atoms with E-state index >= 15 is 0 Å². The van der Waals surface area contributed by atoms with Gasteiger partial charge in [0.15, 0.2) is 0 Å². The van der Waals surface area contributed by atoms with E-state index in [4.69, 9.17) is 0 Å². The summed E-state index contributed by atoms with van der Waals surface area (Å²) in [6.45, 7) is 3.54. The number of carbonyl (C=O) groups excluding carboxylic acids is 3. The van der Waals surface area contributed by atoms with Gasteiger partial charge in [-0.15, -0.1) is 0 Å². The molecule has 3 rings (SSSR count). The van der Waals surface area contributed by atoms with E-state index in [9.17, 15) is 14.4 Å². The van der Waals surface area contributed by atoms with Crippen molar-refractivity contribution in [3.63, 3.8) is 0 Å². The fraction of sp³-hybridized carbons (Fsp3) is 0.158. The van der Waals surface area contributed by atoms with Crippen LogP contribution in [0.2, 0.25) is 0 Å². The Morgan fingerprint density at radius 2 is 2.04 bits per heavy atom. The first kappa shape index (κ1) is 17.9. The van der Waals surface area contributed by atoms with Gasteiger partial charge in [0.25, 0.3) is 11.1 Å². The van der Waals surface area contributed by atoms with Crippen molar-refractivity contribution in [1.29, 1.82) is 0 Å². The highest BCUT2D eigenvalue weighted by Gasteiger charge is 2.36. The molecular formula is C19H17N3O3S. The normalized spacial score (nSPS) is 15.6. The second kappa shape index (κ2) is 7.53. The van der Waals surface area contributed by atoms with Gasteiger partial charge in [-0.05, 0) is 60.5 Å². The lowest BCUT2D eigenvalue weighted by Crippen LogP contribution is -2.36. The Balaban J connectivity index is 1.71. The Kier molecular flexibility index (Phi) is 5.18. The topological polar surface area (TPSA) is 79.4 Å². The first-order valence-corrected chi connectivity index (χ1v) is 8.79. The molecule has 1 aliphatic rings. The lowest BCUT2D eigenvalue weighted by Gasteiger charge is -2.14. The second-order valence-electron chi connectivity index (χ2n) is 5.85. The molecule has 1 aliphatic heterocycles. The number of nitrogens with one attached hydrogen (secondary N) is 1. The van der Waals surface area contributed by atoms with Crippen LogP contribution in [0.15, 0.2) is 47.6 Å². The highest BCUT2D eigenvalue weighted by Crippen LogP contribution is 2.32. The maximum absolute atomic E-state index is 12.4. The van der Waals surface area contributed by atoms with Crippen molar-refractivity contribution in [1.82, 2.24) is 9.88 Å². The molecule has 3 amide bonds. The first-order chi connectivity index (χ1) is 12.5. The summed E-state index contributed by atoms with van der Waals surface area (Å²) in [6, 6.07) is 9.11. The molecule has 0 spiro atoms. The van der Waals surface area contributed by atoms with Crippen LogP contribution in [0.25, 0.3) is 6.08 Å². The molecule has 132 valence electrons. The minimum atomic E-state index is -0.472. The highest BCUT2D eigenvalue weighted by molar-refractivity contribution is 8.18. The fourth-order valence-electron chi connectivity index (χ4n) is 2.47. The molecule has 7 heteroatoms. The number of anilines is 1. The lowest BCUT2D eigenvalue weighted by atomic mass is 10.1. The summed E-state index contributed by atoms with van der Waals surface area (Å²) in [5.41, 5.74) is 3.39. The molecule has 26 heavy (non-hydrogen) atoms. The molecule has 1 aromatic heterocycles. The zero-order valence-corrected chi connectivity index (χ0v) is 15.2. The van der Waals surface area contributed by atoms with Crippen molar-refractivity contribution < 1.29 is 14.4 Å². The number of benzene rings is 1. The van der Waals surface area contributed by atoms with Crippen LogP contribution in [0.3, 0.4) is 0 Å². The van der Waals surface area contributed by atoms with E-state index in [2.05, 4.69) is 10.3 Å². The average Bonchev–Trinajstić information content (AvgIpc) is 2.87. The molecule has 0 aliphatic carbocycles. The molecule has 1 N–H and O–H groups in total. The molecule has 0 radical (unpaired) electrons. The quantitative estimate of drug-likeness (QED) is 0.838. The maximum Gasteiger partial charge on any atom is 0.294 e. The predicted molar refractivity (Wildman–Crippen MR) is 101 cm³/mol. The minimum Gasteiger partial charge on any atom is -0.324 e. The van der Waals surface area contributed by atoms with Crippen molar-refractivity contribution in [2.75, 3.05) is 11.9 Å². The van der Waals surface area contributed by atoms with Crippen LogP contribution >= 0.6 is 11.8 Å². The van der Waals surface area contributed by atoms with Gasteiger partial charge in [0.2, 0.25) is 5.91 Å². The number of carbonyl (C=O) groups is 3. The van der Waals surface area contributed by atoms with Crippen molar-refractivity contribution >= 4 is 40.6 Å². The SMILES string of the molecule is Cc1cccc(NC(=O)CN2C(=O)S/C(=C/c3cccnc3)C2=O)c1C. The molecule has 1 fully saturated rings. The summed E-state index contributed by atoms with van der Waals surface area (Å²) in [5, 5.41) is 2.30. The Morgan fingerprint density at radius 1 is 1.23 bits per heavy atom. The van der Waals surface area contributed by atoms with Crippen LogP contribution < -0.4 is 5.32 Å². The van der Waals surface area contributed by atoms with Crippen LogP contribution in [0.5, 0.6) is 0 Å². The molecule has 0 saturated carbocycles. The minimum absolute atomic E-state index is 0.280. The lowest BCUT2D eigenvalue weighted by molar-refractivity contribution is -0.127. The summed E-state index contributed by atoms with van der Waals surface area (Å²) >= 11 is 0.821. The first-order valence-electron chi connectivity index (χ1n) is 7.97. The predicted octanol–water partition coefficient (Wildman–Crippen LogP) is 3.37. The number of amides is 3. The van der Waals surface area contributed by atoms with Gasteiger partial charge in [0, 0.05) is 18.1 Å². The Labute approximate surface area is 155 Å². The number of aromatic nitrogens is 1. The Bertz CT molecular complexity index is 910. The van der Waals surface area contributed by atoms with Gasteiger partial charge in [-0.25, -0.2) is 0 Å². The van der Waals surface area contributed by atoms with Crippen molar-refractivity contribution in [3.8, 4) is 0 Å². The number of nitrogens with zero attached hydrogens (tertiary/aromatic N) is 2. The number of imide groups is 1. The van der Waals surface area contributed by atoms with Crippen LogP contribution in [0, 0.1) is 13.8 Å². The zero-order valence-electron chi connectivity index (χ0n) is 14.4. The van der Waals surface area contributed by atoms with E-state index in [-0.39, 0.29) is 11.4 Å². The Morgan fingerprint density at radius 3 is 2.77 bits per heavy atom. The zero-order chi connectivity index (χ0) is 18.7. The van der Waals surface area contributed by atoms with E-state index in [0.717, 1.165) is 33.4 Å². The Hall–Kier alpha value is -2.93. The number of thioether (sulfide) groups is 1. The van der Waals surface area contributed by atoms with Crippen LogP contribution in [-0.4, -0.2) is 33.5 Å². The average molecular weight is 367 g/mol. The molecule has 6 nitrogen and oxygen atoms in total. The molecule has 1 aromatic carbocycles. The van der Waals surface area contributed by atoms with Gasteiger partial charge in [0.1, 0.15) is 6.54 Å². The van der Waals surface area contributed by atoms with Gasteiger partial charge in [-0.2, -0.15) is 0 Å². The van der Waals surface area contributed by atoms with Crippen LogP contribution in [-0.2, 0) is 9.59 Å². The third-order valence-electron chi connectivity index (χ3n) is 4.04.